The average molecular weight is 468 g/mol. The highest BCUT2D eigenvalue weighted by Gasteiger charge is 2.20. The lowest BCUT2D eigenvalue weighted by atomic mass is 9.96. The van der Waals surface area contributed by atoms with Crippen LogP contribution in [0.25, 0.3) is 33.7 Å². The summed E-state index contributed by atoms with van der Waals surface area (Å²) in [6.45, 7) is -1.93. The molecule has 0 amide bonds. The summed E-state index contributed by atoms with van der Waals surface area (Å²) in [5, 5.41) is 20.9. The lowest BCUT2D eigenvalue weighted by molar-refractivity contribution is -0.140. The van der Waals surface area contributed by atoms with Crippen LogP contribution in [-0.2, 0) is 11.3 Å². The van der Waals surface area contributed by atoms with E-state index in [0.29, 0.717) is 11.4 Å². The molecule has 176 valence electrons. The molecule has 0 radical (unpaired) electrons. The summed E-state index contributed by atoms with van der Waals surface area (Å²) in [5.41, 5.74) is 4.64. The summed E-state index contributed by atoms with van der Waals surface area (Å²) in [5.74, 6) is -1.12. The molecule has 34 heavy (non-hydrogen) atoms. The minimum Gasteiger partial charge on any atom is -0.480 e. The molecule has 0 aliphatic heterocycles. The summed E-state index contributed by atoms with van der Waals surface area (Å²) in [7, 11) is 0. The number of oxazole rings is 1. The van der Waals surface area contributed by atoms with Gasteiger partial charge in [-0.25, -0.2) is 4.98 Å². The number of benzene rings is 3. The predicted octanol–water partition coefficient (Wildman–Crippen LogP) is 4.61. The Morgan fingerprint density at radius 1 is 1.12 bits per heavy atom. The van der Waals surface area contributed by atoms with E-state index in [2.05, 4.69) is 15.0 Å². The van der Waals surface area contributed by atoms with Gasteiger partial charge in [0.2, 0.25) is 5.89 Å². The molecule has 4 aromatic rings. The monoisotopic (exact) mass is 468 g/mol. The van der Waals surface area contributed by atoms with E-state index >= 15 is 0 Å². The number of fused-ring (bicyclic) bond motifs is 1. The fourth-order valence-electron chi connectivity index (χ4n) is 3.72. The Morgan fingerprint density at radius 2 is 1.85 bits per heavy atom. The molecule has 0 aliphatic rings. The molecule has 7 nitrogen and oxygen atoms in total. The van der Waals surface area contributed by atoms with Crippen LogP contribution in [0.1, 0.15) is 11.1 Å². The van der Waals surface area contributed by atoms with Crippen molar-refractivity contribution in [2.24, 2.45) is 0 Å². The third-order valence-electron chi connectivity index (χ3n) is 5.46. The molecular weight excluding hydrogens is 446 g/mol. The number of ether oxygens (including phenoxy) is 1. The van der Waals surface area contributed by atoms with Gasteiger partial charge >= 0.3 is 12.6 Å². The zero-order valence-corrected chi connectivity index (χ0v) is 18.2. The maximum Gasteiger partial charge on any atom is 0.387 e. The third kappa shape index (κ3) is 4.90. The van der Waals surface area contributed by atoms with E-state index in [1.807, 2.05) is 55.5 Å². The second-order valence-corrected chi connectivity index (χ2v) is 7.62. The molecule has 0 fully saturated rings. The maximum absolute atomic E-state index is 13.0. The first-order valence-electron chi connectivity index (χ1n) is 10.5. The number of nitrogens with zero attached hydrogens (tertiary/aromatic N) is 1. The molecule has 0 saturated heterocycles. The van der Waals surface area contributed by atoms with Crippen LogP contribution < -0.4 is 10.1 Å². The van der Waals surface area contributed by atoms with E-state index in [4.69, 9.17) is 9.52 Å². The summed E-state index contributed by atoms with van der Waals surface area (Å²) in [6, 6.07) is 17.1. The number of carboxylic acid groups (broad SMARTS) is 1. The third-order valence-corrected chi connectivity index (χ3v) is 5.46. The number of alkyl halides is 2. The van der Waals surface area contributed by atoms with Crippen LogP contribution in [0.5, 0.6) is 5.75 Å². The van der Waals surface area contributed by atoms with E-state index in [1.54, 1.807) is 0 Å². The second-order valence-electron chi connectivity index (χ2n) is 7.62. The van der Waals surface area contributed by atoms with Gasteiger partial charge in [-0.2, -0.15) is 8.78 Å². The molecule has 9 heteroatoms. The molecule has 0 bridgehead atoms. The molecular formula is C25H22F2N2O5. The van der Waals surface area contributed by atoms with Gasteiger partial charge in [0.15, 0.2) is 5.58 Å². The number of halogens is 2. The zero-order chi connectivity index (χ0) is 24.2. The SMILES string of the molecule is Cc1c(-c2ccccc2)cccc1-c1nc2cc(CNC(CO)C(=O)O)c(OC(F)F)cc2o1. The van der Waals surface area contributed by atoms with Gasteiger partial charge in [0, 0.05) is 23.7 Å². The Morgan fingerprint density at radius 3 is 2.53 bits per heavy atom. The van der Waals surface area contributed by atoms with Crippen LogP contribution in [0.15, 0.2) is 65.1 Å². The molecule has 4 rings (SSSR count). The number of aromatic nitrogens is 1. The van der Waals surface area contributed by atoms with Crippen molar-refractivity contribution in [2.75, 3.05) is 6.61 Å². The quantitative estimate of drug-likeness (QED) is 0.330. The number of nitrogens with one attached hydrogen (secondary N) is 1. The molecule has 0 spiro atoms. The van der Waals surface area contributed by atoms with Crippen molar-refractivity contribution in [1.82, 2.24) is 10.3 Å². The lowest BCUT2D eigenvalue weighted by Gasteiger charge is -2.14. The first-order chi connectivity index (χ1) is 16.4. The summed E-state index contributed by atoms with van der Waals surface area (Å²) >= 11 is 0. The van der Waals surface area contributed by atoms with Crippen molar-refractivity contribution in [1.29, 1.82) is 0 Å². The lowest BCUT2D eigenvalue weighted by Crippen LogP contribution is -2.39. The van der Waals surface area contributed by atoms with Crippen molar-refractivity contribution in [3.8, 4) is 28.3 Å². The van der Waals surface area contributed by atoms with E-state index < -0.39 is 25.2 Å². The summed E-state index contributed by atoms with van der Waals surface area (Å²) in [6.07, 6.45) is 0. The molecule has 1 unspecified atom stereocenters. The first kappa shape index (κ1) is 23.3. The first-order valence-corrected chi connectivity index (χ1v) is 10.5. The van der Waals surface area contributed by atoms with Crippen LogP contribution in [0, 0.1) is 6.92 Å². The number of aliphatic carboxylic acids is 1. The minimum absolute atomic E-state index is 0.139. The highest BCUT2D eigenvalue weighted by atomic mass is 19.3. The fourth-order valence-corrected chi connectivity index (χ4v) is 3.72. The molecule has 1 atom stereocenters. The van der Waals surface area contributed by atoms with E-state index in [-0.39, 0.29) is 23.4 Å². The number of carboxylic acids is 1. The van der Waals surface area contributed by atoms with Crippen LogP contribution in [0.3, 0.4) is 0 Å². The summed E-state index contributed by atoms with van der Waals surface area (Å²) < 4.78 is 36.5. The van der Waals surface area contributed by atoms with Crippen LogP contribution >= 0.6 is 0 Å². The van der Waals surface area contributed by atoms with Crippen LogP contribution in [-0.4, -0.2) is 40.4 Å². The number of carbonyl (C=O) groups is 1. The number of hydrogen-bond acceptors (Lipinski definition) is 6. The highest BCUT2D eigenvalue weighted by Crippen LogP contribution is 2.35. The van der Waals surface area contributed by atoms with Gasteiger partial charge in [0.25, 0.3) is 0 Å². The molecule has 0 saturated carbocycles. The number of rotatable bonds is 9. The minimum atomic E-state index is -3.09. The average Bonchev–Trinajstić information content (AvgIpc) is 3.22. The smallest absolute Gasteiger partial charge is 0.387 e. The topological polar surface area (TPSA) is 105 Å². The Kier molecular flexibility index (Phi) is 6.85. The normalized spacial score (nSPS) is 12.3. The van der Waals surface area contributed by atoms with Gasteiger partial charge in [-0.1, -0.05) is 42.5 Å². The Bertz CT molecular complexity index is 1310. The second kappa shape index (κ2) is 9.98. The van der Waals surface area contributed by atoms with Crippen molar-refractivity contribution < 1.29 is 32.9 Å². The van der Waals surface area contributed by atoms with E-state index in [0.717, 1.165) is 22.3 Å². The standard InChI is InChI=1S/C25H22F2N2O5/c1-14-17(15-6-3-2-4-7-15)8-5-9-18(14)23-29-19-10-16(12-28-20(13-30)24(31)32)21(34-25(26)27)11-22(19)33-23/h2-11,20,25,28,30H,12-13H2,1H3,(H,31,32). The molecule has 1 heterocycles. The summed E-state index contributed by atoms with van der Waals surface area (Å²) in [4.78, 5) is 15.7. The van der Waals surface area contributed by atoms with Crippen molar-refractivity contribution in [3.05, 3.63) is 71.8 Å². The van der Waals surface area contributed by atoms with Gasteiger partial charge in [0.1, 0.15) is 17.3 Å². The van der Waals surface area contributed by atoms with E-state index in [1.165, 1.54) is 12.1 Å². The van der Waals surface area contributed by atoms with Gasteiger partial charge in [-0.3, -0.25) is 10.1 Å². The Balaban J connectivity index is 1.73. The fraction of sp³-hybridized carbons (Fsp3) is 0.200. The van der Waals surface area contributed by atoms with E-state index in [9.17, 15) is 18.7 Å². The van der Waals surface area contributed by atoms with Gasteiger partial charge in [-0.05, 0) is 35.7 Å². The molecule has 0 aliphatic carbocycles. The number of aliphatic hydroxyl groups is 1. The molecule has 3 aromatic carbocycles. The van der Waals surface area contributed by atoms with Gasteiger partial charge in [0.05, 0.1) is 6.61 Å². The maximum atomic E-state index is 13.0. The van der Waals surface area contributed by atoms with Gasteiger partial charge in [-0.15, -0.1) is 0 Å². The van der Waals surface area contributed by atoms with Crippen molar-refractivity contribution in [3.63, 3.8) is 0 Å². The molecule has 3 N–H and O–H groups in total. The van der Waals surface area contributed by atoms with Crippen molar-refractivity contribution in [2.45, 2.75) is 26.1 Å². The van der Waals surface area contributed by atoms with Crippen LogP contribution in [0.4, 0.5) is 8.78 Å². The largest absolute Gasteiger partial charge is 0.480 e. The highest BCUT2D eigenvalue weighted by molar-refractivity contribution is 5.82. The van der Waals surface area contributed by atoms with Crippen LogP contribution in [0.2, 0.25) is 0 Å². The Labute approximate surface area is 193 Å². The number of hydrogen-bond donors (Lipinski definition) is 3. The zero-order valence-electron chi connectivity index (χ0n) is 18.2. The Hall–Kier alpha value is -3.82. The van der Waals surface area contributed by atoms with Gasteiger partial charge < -0.3 is 19.4 Å². The van der Waals surface area contributed by atoms with Crippen molar-refractivity contribution >= 4 is 17.1 Å². The number of aliphatic hydroxyl groups excluding tert-OH is 1. The molecule has 1 aromatic heterocycles. The predicted molar refractivity (Wildman–Crippen MR) is 122 cm³/mol.